The summed E-state index contributed by atoms with van der Waals surface area (Å²) < 4.78 is 27.7. The van der Waals surface area contributed by atoms with Gasteiger partial charge in [-0.15, -0.1) is 0 Å². The fourth-order valence-electron chi connectivity index (χ4n) is 4.00. The van der Waals surface area contributed by atoms with Crippen LogP contribution in [0.1, 0.15) is 36.7 Å². The van der Waals surface area contributed by atoms with E-state index in [9.17, 15) is 13.9 Å². The van der Waals surface area contributed by atoms with E-state index in [1.165, 1.54) is 6.07 Å². The average molecular weight is 456 g/mol. The Morgan fingerprint density at radius 2 is 1.75 bits per heavy atom. The summed E-state index contributed by atoms with van der Waals surface area (Å²) in [4.78, 5) is 8.79. The van der Waals surface area contributed by atoms with Crippen molar-refractivity contribution in [1.82, 2.24) is 19.7 Å². The zero-order valence-electron chi connectivity index (χ0n) is 17.1. The van der Waals surface area contributed by atoms with Crippen LogP contribution in [-0.2, 0) is 0 Å². The lowest BCUT2D eigenvalue weighted by atomic mass is 9.76. The quantitative estimate of drug-likeness (QED) is 0.468. The van der Waals surface area contributed by atoms with Crippen molar-refractivity contribution in [1.29, 1.82) is 0 Å². The number of aliphatic hydroxyl groups is 1. The molecule has 5 rings (SSSR count). The molecule has 0 bridgehead atoms. The van der Waals surface area contributed by atoms with E-state index in [4.69, 9.17) is 10.7 Å². The summed E-state index contributed by atoms with van der Waals surface area (Å²) >= 11 is 0. The van der Waals surface area contributed by atoms with Crippen LogP contribution in [0.2, 0.25) is 0 Å². The fourth-order valence-corrected chi connectivity index (χ4v) is 4.00. The molecule has 0 aliphatic heterocycles. The third kappa shape index (κ3) is 4.11. The molecule has 6 nitrogen and oxygen atoms in total. The highest BCUT2D eigenvalue weighted by Gasteiger charge is 2.33. The summed E-state index contributed by atoms with van der Waals surface area (Å²) in [7, 11) is 0. The van der Waals surface area contributed by atoms with Gasteiger partial charge in [0.2, 0.25) is 0 Å². The fraction of sp³-hybridized carbons (Fsp3) is 0.261. The van der Waals surface area contributed by atoms with Gasteiger partial charge in [-0.25, -0.2) is 18.4 Å². The number of hydrogen-bond donors (Lipinski definition) is 2. The number of fused-ring (bicyclic) bond motifs is 1. The Morgan fingerprint density at radius 1 is 1.00 bits per heavy atom. The van der Waals surface area contributed by atoms with Crippen LogP contribution >= 0.6 is 13.5 Å². The number of nitrogens with zero attached hydrogens (tertiary/aromatic N) is 4. The summed E-state index contributed by atoms with van der Waals surface area (Å²) in [6, 6.07) is 15.8. The summed E-state index contributed by atoms with van der Waals surface area (Å²) in [5.74, 6) is 0.562. The molecule has 1 aliphatic carbocycles. The van der Waals surface area contributed by atoms with Gasteiger partial charge in [-0.3, -0.25) is 4.98 Å². The molecule has 3 N–H and O–H groups in total. The number of hydrogen-bond acceptors (Lipinski definition) is 5. The maximum Gasteiger partial charge on any atom is 0.280 e. The largest absolute Gasteiger partial charge is 0.393 e. The minimum atomic E-state index is -2.65. The van der Waals surface area contributed by atoms with Crippen LogP contribution in [0.25, 0.3) is 28.0 Å². The van der Waals surface area contributed by atoms with Gasteiger partial charge in [-0.05, 0) is 49.1 Å². The highest BCUT2D eigenvalue weighted by molar-refractivity contribution is 7.59. The second kappa shape index (κ2) is 8.93. The molecule has 166 valence electrons. The molecule has 0 radical (unpaired) electrons. The first-order valence-corrected chi connectivity index (χ1v) is 10.1. The van der Waals surface area contributed by atoms with Crippen molar-refractivity contribution >= 4 is 24.4 Å². The van der Waals surface area contributed by atoms with Crippen molar-refractivity contribution in [3.63, 3.8) is 0 Å². The first-order chi connectivity index (χ1) is 15.0. The van der Waals surface area contributed by atoms with Crippen LogP contribution in [0.4, 0.5) is 8.78 Å². The van der Waals surface area contributed by atoms with E-state index in [0.29, 0.717) is 18.7 Å². The minimum absolute atomic E-state index is 0. The van der Waals surface area contributed by atoms with Crippen molar-refractivity contribution in [3.8, 4) is 17.1 Å². The molecule has 0 spiro atoms. The molecule has 3 aromatic heterocycles. The highest BCUT2D eigenvalue weighted by atomic mass is 32.1. The van der Waals surface area contributed by atoms with E-state index in [0.717, 1.165) is 27.9 Å². The summed E-state index contributed by atoms with van der Waals surface area (Å²) in [6.45, 7) is 0. The standard InChI is InChI=1S/C23H21F2N5O.H2S/c24-23(25)19-5-2-6-21(29-19)30-20-11-13(7-8-14(20)12-27-30)17-3-1-4-18(28-17)22(26)15-9-16(31)10-15;/h1-8,11-12,15-16,22-23,31H,9-10,26H2;1H2/t15?,16?,22-;/m0./s1. The van der Waals surface area contributed by atoms with E-state index in [1.807, 2.05) is 36.4 Å². The molecule has 32 heavy (non-hydrogen) atoms. The Balaban J connectivity index is 0.00000245. The monoisotopic (exact) mass is 455 g/mol. The lowest BCUT2D eigenvalue weighted by Gasteiger charge is -2.35. The van der Waals surface area contributed by atoms with Gasteiger partial charge in [-0.2, -0.15) is 18.6 Å². The maximum absolute atomic E-state index is 13.1. The van der Waals surface area contributed by atoms with Crippen LogP contribution < -0.4 is 5.73 Å². The van der Waals surface area contributed by atoms with Crippen molar-refractivity contribution in [2.24, 2.45) is 11.7 Å². The lowest BCUT2D eigenvalue weighted by Crippen LogP contribution is -2.36. The van der Waals surface area contributed by atoms with E-state index in [1.54, 1.807) is 23.0 Å². The molecule has 1 saturated carbocycles. The van der Waals surface area contributed by atoms with E-state index in [-0.39, 0.29) is 37.3 Å². The minimum Gasteiger partial charge on any atom is -0.393 e. The lowest BCUT2D eigenvalue weighted by molar-refractivity contribution is 0.0302. The van der Waals surface area contributed by atoms with Gasteiger partial charge in [0.25, 0.3) is 6.43 Å². The van der Waals surface area contributed by atoms with Crippen LogP contribution in [0, 0.1) is 5.92 Å². The number of aromatic nitrogens is 4. The van der Waals surface area contributed by atoms with Crippen LogP contribution in [0.3, 0.4) is 0 Å². The molecule has 1 aromatic carbocycles. The van der Waals surface area contributed by atoms with Gasteiger partial charge in [0.05, 0.1) is 35.2 Å². The second-order valence-corrected chi connectivity index (χ2v) is 7.91. The molecule has 1 atom stereocenters. The SMILES string of the molecule is N[C@H](c1cccc(-c2ccc3cnn(-c4cccc(C(F)F)n4)c3c2)n1)C1CC(O)C1.S. The Kier molecular flexibility index (Phi) is 6.23. The van der Waals surface area contributed by atoms with Crippen LogP contribution in [0.15, 0.2) is 60.8 Å². The van der Waals surface area contributed by atoms with Crippen molar-refractivity contribution in [3.05, 3.63) is 72.2 Å². The third-order valence-electron chi connectivity index (χ3n) is 5.83. The number of rotatable bonds is 5. The highest BCUT2D eigenvalue weighted by Crippen LogP contribution is 2.36. The van der Waals surface area contributed by atoms with Gasteiger partial charge in [0, 0.05) is 10.9 Å². The molecule has 4 aromatic rings. The maximum atomic E-state index is 13.1. The molecular weight excluding hydrogens is 432 g/mol. The zero-order chi connectivity index (χ0) is 21.5. The topological polar surface area (TPSA) is 89.9 Å². The smallest absolute Gasteiger partial charge is 0.280 e. The van der Waals surface area contributed by atoms with Crippen LogP contribution in [-0.4, -0.2) is 31.0 Å². The molecule has 0 unspecified atom stereocenters. The molecule has 0 amide bonds. The van der Waals surface area contributed by atoms with E-state index < -0.39 is 6.43 Å². The van der Waals surface area contributed by atoms with Gasteiger partial charge in [-0.1, -0.05) is 24.3 Å². The summed E-state index contributed by atoms with van der Waals surface area (Å²) in [5, 5.41) is 14.8. The van der Waals surface area contributed by atoms with Crippen molar-refractivity contribution < 1.29 is 13.9 Å². The number of nitrogens with two attached hydrogens (primary N) is 1. The van der Waals surface area contributed by atoms with Crippen molar-refractivity contribution in [2.45, 2.75) is 31.4 Å². The number of halogens is 2. The van der Waals surface area contributed by atoms with Gasteiger partial charge >= 0.3 is 0 Å². The Morgan fingerprint density at radius 3 is 2.50 bits per heavy atom. The average Bonchev–Trinajstić information content (AvgIpc) is 3.20. The summed E-state index contributed by atoms with van der Waals surface area (Å²) in [6.07, 6.45) is 0.160. The zero-order valence-corrected chi connectivity index (χ0v) is 18.1. The van der Waals surface area contributed by atoms with Gasteiger partial charge < -0.3 is 10.8 Å². The van der Waals surface area contributed by atoms with Gasteiger partial charge in [0.15, 0.2) is 5.82 Å². The number of pyridine rings is 2. The first kappa shape index (κ1) is 22.3. The van der Waals surface area contributed by atoms with E-state index in [2.05, 4.69) is 10.1 Å². The number of alkyl halides is 2. The normalized spacial score (nSPS) is 18.9. The predicted molar refractivity (Wildman–Crippen MR) is 123 cm³/mol. The predicted octanol–water partition coefficient (Wildman–Crippen LogP) is 4.30. The second-order valence-electron chi connectivity index (χ2n) is 7.91. The molecule has 3 heterocycles. The number of benzene rings is 1. The van der Waals surface area contributed by atoms with E-state index >= 15 is 0 Å². The number of aliphatic hydroxyl groups excluding tert-OH is 1. The summed E-state index contributed by atoms with van der Waals surface area (Å²) in [5.41, 5.74) is 9.23. The van der Waals surface area contributed by atoms with Crippen molar-refractivity contribution in [2.75, 3.05) is 0 Å². The Labute approximate surface area is 190 Å². The third-order valence-corrected chi connectivity index (χ3v) is 5.83. The first-order valence-electron chi connectivity index (χ1n) is 10.1. The van der Waals surface area contributed by atoms with Crippen LogP contribution in [0.5, 0.6) is 0 Å². The molecule has 9 heteroatoms. The molecule has 1 aliphatic rings. The van der Waals surface area contributed by atoms with Gasteiger partial charge in [0.1, 0.15) is 5.69 Å². The molecular formula is C23H23F2N5OS. The Bertz CT molecular complexity index is 1240. The molecule has 1 fully saturated rings. The Hall–Kier alpha value is -2.88. The molecule has 0 saturated heterocycles.